The summed E-state index contributed by atoms with van der Waals surface area (Å²) < 4.78 is 6.51. The summed E-state index contributed by atoms with van der Waals surface area (Å²) in [4.78, 5) is 11.8. The quantitative estimate of drug-likeness (QED) is 0.741. The number of rotatable bonds is 5. The Morgan fingerprint density at radius 2 is 1.95 bits per heavy atom. The van der Waals surface area contributed by atoms with Crippen LogP contribution in [0.4, 0.5) is 10.5 Å². The summed E-state index contributed by atoms with van der Waals surface area (Å²) in [7, 11) is 0. The number of carbonyl (C=O) groups is 1. The van der Waals surface area contributed by atoms with E-state index in [1.54, 1.807) is 18.2 Å². The van der Waals surface area contributed by atoms with Gasteiger partial charge in [0.15, 0.2) is 0 Å². The van der Waals surface area contributed by atoms with Crippen molar-refractivity contribution in [1.82, 2.24) is 5.32 Å². The number of amides is 2. The van der Waals surface area contributed by atoms with E-state index >= 15 is 0 Å². The molecule has 6 heteroatoms. The smallest absolute Gasteiger partial charge is 0.319 e. The largest absolute Gasteiger partial charge is 0.492 e. The maximum Gasteiger partial charge on any atom is 0.319 e. The summed E-state index contributed by atoms with van der Waals surface area (Å²) in [6, 6.07) is 12.6. The van der Waals surface area contributed by atoms with Crippen LogP contribution in [0.25, 0.3) is 0 Å². The molecule has 0 aromatic heterocycles. The molecule has 0 unspecified atom stereocenters. The second kappa shape index (κ2) is 8.06. The predicted molar refractivity (Wildman–Crippen MR) is 92.8 cm³/mol. The van der Waals surface area contributed by atoms with Crippen LogP contribution in [-0.2, 0) is 0 Å². The van der Waals surface area contributed by atoms with Crippen LogP contribution in [0.1, 0.15) is 5.56 Å². The molecule has 0 spiro atoms. The fraction of sp³-hybridized carbons (Fsp3) is 0.188. The monoisotopic (exact) mass is 382 g/mol. The van der Waals surface area contributed by atoms with Crippen molar-refractivity contribution in [3.63, 3.8) is 0 Å². The Kier molecular flexibility index (Phi) is 6.10. The van der Waals surface area contributed by atoms with Crippen molar-refractivity contribution < 1.29 is 9.53 Å². The van der Waals surface area contributed by atoms with Gasteiger partial charge in [0, 0.05) is 15.2 Å². The van der Waals surface area contributed by atoms with Crippen molar-refractivity contribution >= 4 is 39.2 Å². The third kappa shape index (κ3) is 4.93. The molecule has 2 aromatic rings. The number of anilines is 1. The van der Waals surface area contributed by atoms with Crippen molar-refractivity contribution in [2.75, 3.05) is 18.5 Å². The van der Waals surface area contributed by atoms with E-state index in [2.05, 4.69) is 26.6 Å². The highest BCUT2D eigenvalue weighted by atomic mass is 79.9. The van der Waals surface area contributed by atoms with Gasteiger partial charge in [-0.15, -0.1) is 0 Å². The molecule has 0 bridgehead atoms. The minimum atomic E-state index is -0.287. The zero-order valence-electron chi connectivity index (χ0n) is 12.0. The molecular weight excluding hydrogens is 368 g/mol. The first kappa shape index (κ1) is 16.6. The summed E-state index contributed by atoms with van der Waals surface area (Å²) in [6.45, 7) is 2.65. The number of benzene rings is 2. The van der Waals surface area contributed by atoms with Crippen LogP contribution in [0, 0.1) is 6.92 Å². The molecule has 0 fully saturated rings. The predicted octanol–water partition coefficient (Wildman–Crippen LogP) is 4.61. The third-order valence-corrected chi connectivity index (χ3v) is 3.92. The average Bonchev–Trinajstić information content (AvgIpc) is 2.50. The second-order valence-electron chi connectivity index (χ2n) is 4.60. The maximum absolute atomic E-state index is 11.8. The number of ether oxygens (including phenoxy) is 1. The van der Waals surface area contributed by atoms with Gasteiger partial charge in [0.1, 0.15) is 12.4 Å². The number of urea groups is 1. The number of nitrogens with one attached hydrogen (secondary N) is 2. The van der Waals surface area contributed by atoms with Gasteiger partial charge in [0.2, 0.25) is 0 Å². The van der Waals surface area contributed by atoms with E-state index in [4.69, 9.17) is 16.3 Å². The molecule has 2 rings (SSSR count). The summed E-state index contributed by atoms with van der Waals surface area (Å²) >= 11 is 9.37. The average molecular weight is 384 g/mol. The van der Waals surface area contributed by atoms with Crippen LogP contribution in [0.15, 0.2) is 46.9 Å². The molecule has 0 atom stereocenters. The van der Waals surface area contributed by atoms with Gasteiger partial charge in [0.25, 0.3) is 0 Å². The molecule has 2 aromatic carbocycles. The number of carbonyl (C=O) groups excluding carboxylic acids is 1. The fourth-order valence-electron chi connectivity index (χ4n) is 1.77. The van der Waals surface area contributed by atoms with Crippen molar-refractivity contribution in [3.05, 3.63) is 57.5 Å². The van der Waals surface area contributed by atoms with E-state index in [1.165, 1.54) is 0 Å². The molecule has 2 N–H and O–H groups in total. The van der Waals surface area contributed by atoms with Gasteiger partial charge in [-0.2, -0.15) is 0 Å². The Bertz CT molecular complexity index is 647. The molecule has 2 amide bonds. The Morgan fingerprint density at radius 3 is 2.68 bits per heavy atom. The summed E-state index contributed by atoms with van der Waals surface area (Å²) in [5, 5.41) is 6.11. The molecule has 22 heavy (non-hydrogen) atoms. The summed E-state index contributed by atoms with van der Waals surface area (Å²) in [5.41, 5.74) is 1.53. The molecule has 0 saturated heterocycles. The second-order valence-corrected chi connectivity index (χ2v) is 5.92. The molecule has 0 saturated carbocycles. The van der Waals surface area contributed by atoms with Crippen molar-refractivity contribution in [2.24, 2.45) is 0 Å². The van der Waals surface area contributed by atoms with Gasteiger partial charge in [-0.1, -0.05) is 33.6 Å². The lowest BCUT2D eigenvalue weighted by atomic mass is 10.2. The molecule has 4 nitrogen and oxygen atoms in total. The van der Waals surface area contributed by atoms with E-state index in [-0.39, 0.29) is 6.03 Å². The number of hydrogen-bond donors (Lipinski definition) is 2. The lowest BCUT2D eigenvalue weighted by molar-refractivity contribution is 0.247. The lowest BCUT2D eigenvalue weighted by Crippen LogP contribution is -2.32. The fourth-order valence-corrected chi connectivity index (χ4v) is 2.21. The van der Waals surface area contributed by atoms with E-state index in [1.807, 2.05) is 31.2 Å². The van der Waals surface area contributed by atoms with Gasteiger partial charge < -0.3 is 15.4 Å². The van der Waals surface area contributed by atoms with Crippen molar-refractivity contribution in [2.45, 2.75) is 6.92 Å². The lowest BCUT2D eigenvalue weighted by Gasteiger charge is -2.11. The standard InChI is InChI=1S/C16H16BrClN2O2/c1-11-14(18)3-2-4-15(11)20-16(21)19-9-10-22-13-7-5-12(17)6-8-13/h2-8H,9-10H2,1H3,(H2,19,20,21). The van der Waals surface area contributed by atoms with Crippen molar-refractivity contribution in [3.8, 4) is 5.75 Å². The molecule has 0 radical (unpaired) electrons. The van der Waals surface area contributed by atoms with Crippen LogP contribution in [-0.4, -0.2) is 19.2 Å². The molecule has 0 aliphatic carbocycles. The van der Waals surface area contributed by atoms with E-state index in [0.29, 0.717) is 23.9 Å². The molecule has 116 valence electrons. The Hall–Kier alpha value is -1.72. The Labute approximate surface area is 142 Å². The highest BCUT2D eigenvalue weighted by molar-refractivity contribution is 9.10. The SMILES string of the molecule is Cc1c(Cl)cccc1NC(=O)NCCOc1ccc(Br)cc1. The Balaban J connectivity index is 1.74. The van der Waals surface area contributed by atoms with Crippen LogP contribution in [0.5, 0.6) is 5.75 Å². The first-order valence-corrected chi connectivity index (χ1v) is 7.91. The van der Waals surface area contributed by atoms with E-state index in [9.17, 15) is 4.79 Å². The topological polar surface area (TPSA) is 50.4 Å². The van der Waals surface area contributed by atoms with Gasteiger partial charge in [-0.05, 0) is 48.9 Å². The zero-order chi connectivity index (χ0) is 15.9. The van der Waals surface area contributed by atoms with Crippen LogP contribution < -0.4 is 15.4 Å². The van der Waals surface area contributed by atoms with Crippen molar-refractivity contribution in [1.29, 1.82) is 0 Å². The Morgan fingerprint density at radius 1 is 1.23 bits per heavy atom. The van der Waals surface area contributed by atoms with Crippen LogP contribution in [0.3, 0.4) is 0 Å². The third-order valence-electron chi connectivity index (χ3n) is 2.99. The number of halogens is 2. The summed E-state index contributed by atoms with van der Waals surface area (Å²) in [6.07, 6.45) is 0. The minimum absolute atomic E-state index is 0.287. The van der Waals surface area contributed by atoms with Gasteiger partial charge in [-0.3, -0.25) is 0 Å². The molecule has 0 aliphatic rings. The van der Waals surface area contributed by atoms with Crippen LogP contribution in [0.2, 0.25) is 5.02 Å². The maximum atomic E-state index is 11.8. The highest BCUT2D eigenvalue weighted by Gasteiger charge is 2.05. The first-order valence-electron chi connectivity index (χ1n) is 6.74. The first-order chi connectivity index (χ1) is 10.6. The number of hydrogen-bond acceptors (Lipinski definition) is 2. The van der Waals surface area contributed by atoms with Crippen LogP contribution >= 0.6 is 27.5 Å². The molecule has 0 aliphatic heterocycles. The molecule has 0 heterocycles. The van der Waals surface area contributed by atoms with Gasteiger partial charge in [0.05, 0.1) is 6.54 Å². The normalized spacial score (nSPS) is 10.1. The van der Waals surface area contributed by atoms with Gasteiger partial charge >= 0.3 is 6.03 Å². The highest BCUT2D eigenvalue weighted by Crippen LogP contribution is 2.22. The molecular formula is C16H16BrClN2O2. The minimum Gasteiger partial charge on any atom is -0.492 e. The van der Waals surface area contributed by atoms with E-state index < -0.39 is 0 Å². The van der Waals surface area contributed by atoms with E-state index in [0.717, 1.165) is 15.8 Å². The summed E-state index contributed by atoms with van der Waals surface area (Å²) in [5.74, 6) is 0.760. The van der Waals surface area contributed by atoms with Gasteiger partial charge in [-0.25, -0.2) is 4.79 Å². The zero-order valence-corrected chi connectivity index (χ0v) is 14.4.